The van der Waals surface area contributed by atoms with Gasteiger partial charge >= 0.3 is 0 Å². The topological polar surface area (TPSA) is 59.1 Å². The van der Waals surface area contributed by atoms with Crippen molar-refractivity contribution in [2.45, 2.75) is 11.5 Å². The third-order valence-corrected chi connectivity index (χ3v) is 9.67. The number of fused-ring (bicyclic) bond motifs is 3. The van der Waals surface area contributed by atoms with Gasteiger partial charge in [-0.15, -0.1) is 0 Å². The van der Waals surface area contributed by atoms with E-state index < -0.39 is 11.0 Å². The minimum Gasteiger partial charge on any atom is -0.378 e. The Morgan fingerprint density at radius 2 is 1.52 bits per heavy atom. The predicted octanol–water partition coefficient (Wildman–Crippen LogP) is 4.93. The molecule has 0 aliphatic carbocycles. The number of hydrogen-bond acceptors (Lipinski definition) is 6. The van der Waals surface area contributed by atoms with Gasteiger partial charge in [0.25, 0.3) is 5.91 Å². The van der Waals surface area contributed by atoms with Gasteiger partial charge < -0.3 is 20.0 Å². The van der Waals surface area contributed by atoms with E-state index in [9.17, 15) is 4.79 Å². The van der Waals surface area contributed by atoms with E-state index in [1.807, 2.05) is 72.6 Å². The Balaban J connectivity index is 1.58. The van der Waals surface area contributed by atoms with Crippen molar-refractivity contribution in [2.75, 3.05) is 77.0 Å². The summed E-state index contributed by atoms with van der Waals surface area (Å²) in [6, 6.07) is 22.1. The van der Waals surface area contributed by atoms with E-state index in [1.165, 1.54) is 0 Å². The molecule has 1 N–H and O–H groups in total. The molecule has 2 fully saturated rings. The highest BCUT2D eigenvalue weighted by atomic mass is 35.5. The highest BCUT2D eigenvalue weighted by Gasteiger charge is 2.74. The van der Waals surface area contributed by atoms with Crippen LogP contribution in [-0.2, 0) is 15.1 Å². The SMILES string of the molecule is CN1C/C(=C\c2ccc(N(C)C)cc2)C(=O)[C@]2(C1)[C@@H](c1ccc(N(C)C)cc1)CN(C)[C@@]21C(=O)Nc2ccc(Cl)cc21. The fraction of sp³-hybridized carbons (Fsp3) is 0.353. The number of rotatable bonds is 4. The van der Waals surface area contributed by atoms with Crippen LogP contribution in [0.1, 0.15) is 22.6 Å². The predicted molar refractivity (Wildman–Crippen MR) is 172 cm³/mol. The molecule has 2 saturated heterocycles. The summed E-state index contributed by atoms with van der Waals surface area (Å²) in [5.41, 5.74) is 4.05. The van der Waals surface area contributed by atoms with Crippen LogP contribution in [0.25, 0.3) is 6.08 Å². The van der Waals surface area contributed by atoms with Crippen LogP contribution in [-0.4, -0.2) is 83.4 Å². The molecule has 0 aromatic heterocycles. The van der Waals surface area contributed by atoms with Crippen molar-refractivity contribution in [3.63, 3.8) is 0 Å². The fourth-order valence-electron chi connectivity index (χ4n) is 7.57. The maximum absolute atomic E-state index is 15.2. The van der Waals surface area contributed by atoms with Gasteiger partial charge in [0.2, 0.25) is 0 Å². The Morgan fingerprint density at radius 3 is 2.14 bits per heavy atom. The molecular weight excluding hydrogens is 546 g/mol. The van der Waals surface area contributed by atoms with E-state index in [0.29, 0.717) is 35.9 Å². The Hall–Kier alpha value is -3.65. The number of amides is 1. The standard InChI is InChI=1S/C34H38ClN5O2/c1-37(2)26-12-7-22(8-13-26)17-24-19-39(5)21-33(31(24)41)29(23-9-14-27(15-10-23)38(3)4)20-40(6)34(33)28-18-25(35)11-16-30(28)36-32(34)42/h7-18,29H,19-21H2,1-6H3,(H,36,42)/b24-17+/t29-,33+,34+/m1/s1. The number of hydrogen-bond donors (Lipinski definition) is 1. The van der Waals surface area contributed by atoms with Gasteiger partial charge in [-0.1, -0.05) is 35.9 Å². The third-order valence-electron chi connectivity index (χ3n) is 9.44. The second-order valence-corrected chi connectivity index (χ2v) is 12.8. The number of nitrogens with zero attached hydrogens (tertiary/aromatic N) is 4. The Morgan fingerprint density at radius 1 is 0.905 bits per heavy atom. The monoisotopic (exact) mass is 583 g/mol. The first-order chi connectivity index (χ1) is 20.0. The quantitative estimate of drug-likeness (QED) is 0.440. The van der Waals surface area contributed by atoms with Crippen LogP contribution in [0.5, 0.6) is 0 Å². The molecule has 7 nitrogen and oxygen atoms in total. The van der Waals surface area contributed by atoms with E-state index in [4.69, 9.17) is 11.6 Å². The van der Waals surface area contributed by atoms with Gasteiger partial charge in [-0.25, -0.2) is 0 Å². The average Bonchev–Trinajstić information content (AvgIpc) is 3.39. The number of likely N-dealkylation sites (N-methyl/N-ethyl adjacent to an activating group) is 2. The first kappa shape index (κ1) is 28.5. The molecule has 3 atom stereocenters. The minimum absolute atomic E-state index is 0.0197. The normalized spacial score (nSPS) is 26.7. The van der Waals surface area contributed by atoms with Crippen LogP contribution in [0.2, 0.25) is 5.02 Å². The first-order valence-corrected chi connectivity index (χ1v) is 14.7. The molecule has 1 amide bonds. The maximum Gasteiger partial charge on any atom is 0.250 e. The zero-order valence-electron chi connectivity index (χ0n) is 25.1. The smallest absolute Gasteiger partial charge is 0.250 e. The Bertz CT molecular complexity index is 1580. The number of carbonyl (C=O) groups excluding carboxylic acids is 2. The molecule has 42 heavy (non-hydrogen) atoms. The average molecular weight is 584 g/mol. The highest BCUT2D eigenvalue weighted by Crippen LogP contribution is 2.64. The van der Waals surface area contributed by atoms with Crippen molar-refractivity contribution in [1.29, 1.82) is 0 Å². The number of anilines is 3. The van der Waals surface area contributed by atoms with Crippen LogP contribution < -0.4 is 15.1 Å². The van der Waals surface area contributed by atoms with Gasteiger partial charge in [0.1, 0.15) is 5.54 Å². The lowest BCUT2D eigenvalue weighted by Crippen LogP contribution is -2.65. The number of ketones is 1. The number of carbonyl (C=O) groups is 2. The number of likely N-dealkylation sites (tertiary alicyclic amines) is 2. The van der Waals surface area contributed by atoms with Crippen molar-refractivity contribution in [2.24, 2.45) is 5.41 Å². The molecule has 3 heterocycles. The first-order valence-electron chi connectivity index (χ1n) is 14.3. The molecule has 8 heteroatoms. The summed E-state index contributed by atoms with van der Waals surface area (Å²) in [6.45, 7) is 1.49. The van der Waals surface area contributed by atoms with Crippen LogP contribution in [0, 0.1) is 5.41 Å². The number of benzene rings is 3. The van der Waals surface area contributed by atoms with Gasteiger partial charge in [0.05, 0.1) is 5.41 Å². The molecule has 0 unspecified atom stereocenters. The molecule has 218 valence electrons. The van der Waals surface area contributed by atoms with E-state index in [1.54, 1.807) is 6.07 Å². The summed E-state index contributed by atoms with van der Waals surface area (Å²) in [6.07, 6.45) is 2.00. The number of Topliss-reactive ketones (excluding diaryl/α,β-unsaturated/α-hetero) is 1. The highest BCUT2D eigenvalue weighted by molar-refractivity contribution is 6.31. The van der Waals surface area contributed by atoms with Crippen molar-refractivity contribution in [1.82, 2.24) is 9.80 Å². The molecule has 3 aromatic rings. The third kappa shape index (κ3) is 4.09. The van der Waals surface area contributed by atoms with Gasteiger partial charge in [0, 0.05) is 87.0 Å². The van der Waals surface area contributed by atoms with Crippen molar-refractivity contribution in [3.8, 4) is 0 Å². The zero-order valence-corrected chi connectivity index (χ0v) is 25.9. The van der Waals surface area contributed by atoms with Crippen LogP contribution in [0.3, 0.4) is 0 Å². The lowest BCUT2D eigenvalue weighted by atomic mass is 9.56. The van der Waals surface area contributed by atoms with Crippen LogP contribution in [0.15, 0.2) is 72.3 Å². The number of nitrogens with one attached hydrogen (secondary N) is 1. The van der Waals surface area contributed by atoms with E-state index in [0.717, 1.165) is 28.1 Å². The van der Waals surface area contributed by atoms with Crippen molar-refractivity contribution < 1.29 is 9.59 Å². The summed E-state index contributed by atoms with van der Waals surface area (Å²) in [5.74, 6) is -0.386. The largest absolute Gasteiger partial charge is 0.378 e. The van der Waals surface area contributed by atoms with Crippen molar-refractivity contribution in [3.05, 3.63) is 94.0 Å². The lowest BCUT2D eigenvalue weighted by molar-refractivity contribution is -0.146. The molecule has 0 saturated carbocycles. The van der Waals surface area contributed by atoms with Crippen molar-refractivity contribution >= 4 is 46.4 Å². The summed E-state index contributed by atoms with van der Waals surface area (Å²) < 4.78 is 0. The minimum atomic E-state index is -1.22. The van der Waals surface area contributed by atoms with Gasteiger partial charge in [0.15, 0.2) is 5.78 Å². The molecule has 3 aliphatic rings. The summed E-state index contributed by atoms with van der Waals surface area (Å²) >= 11 is 6.57. The number of piperidine rings is 1. The zero-order chi connectivity index (χ0) is 30.0. The molecule has 0 radical (unpaired) electrons. The Labute approximate surface area is 253 Å². The van der Waals surface area contributed by atoms with Gasteiger partial charge in [-0.05, 0) is 73.8 Å². The summed E-state index contributed by atoms with van der Waals surface area (Å²) in [7, 11) is 12.1. The lowest BCUT2D eigenvalue weighted by Gasteiger charge is -2.50. The fourth-order valence-corrected chi connectivity index (χ4v) is 7.74. The number of halogens is 1. The molecular formula is C34H38ClN5O2. The van der Waals surface area contributed by atoms with Crippen LogP contribution >= 0.6 is 11.6 Å². The van der Waals surface area contributed by atoms with E-state index in [2.05, 4.69) is 61.3 Å². The molecule has 3 aromatic carbocycles. The second kappa shape index (κ2) is 10.3. The maximum atomic E-state index is 15.2. The summed E-state index contributed by atoms with van der Waals surface area (Å²) in [4.78, 5) is 38.0. The molecule has 3 aliphatic heterocycles. The van der Waals surface area contributed by atoms with Crippen LogP contribution in [0.4, 0.5) is 17.1 Å². The molecule has 2 spiro atoms. The van der Waals surface area contributed by atoms with Gasteiger partial charge in [-0.2, -0.15) is 0 Å². The molecule has 0 bridgehead atoms. The molecule has 6 rings (SSSR count). The van der Waals surface area contributed by atoms with E-state index in [-0.39, 0.29) is 17.6 Å². The second-order valence-electron chi connectivity index (χ2n) is 12.4. The Kier molecular flexibility index (Phi) is 6.96. The van der Waals surface area contributed by atoms with Gasteiger partial charge in [-0.3, -0.25) is 14.5 Å². The van der Waals surface area contributed by atoms with E-state index >= 15 is 4.79 Å². The summed E-state index contributed by atoms with van der Waals surface area (Å²) in [5, 5.41) is 3.67.